The molecule has 1 spiro atoms. The Labute approximate surface area is 215 Å². The minimum atomic E-state index is -4.81. The predicted molar refractivity (Wildman–Crippen MR) is 123 cm³/mol. The maximum absolute atomic E-state index is 15.2. The average molecular weight is 556 g/mol. The third kappa shape index (κ3) is 4.30. The van der Waals surface area contributed by atoms with Crippen molar-refractivity contribution >= 4 is 22.8 Å². The van der Waals surface area contributed by atoms with Crippen LogP contribution in [0.25, 0.3) is 16.7 Å². The highest BCUT2D eigenvalue weighted by atomic mass is 19.4. The van der Waals surface area contributed by atoms with Gasteiger partial charge in [0.05, 0.1) is 24.0 Å². The van der Waals surface area contributed by atoms with Gasteiger partial charge in [-0.1, -0.05) is 0 Å². The number of halogens is 7. The van der Waals surface area contributed by atoms with E-state index < -0.39 is 75.0 Å². The molecule has 14 heteroatoms. The van der Waals surface area contributed by atoms with E-state index in [0.717, 1.165) is 6.07 Å². The first kappa shape index (κ1) is 25.6. The van der Waals surface area contributed by atoms with Crippen molar-refractivity contribution in [2.45, 2.75) is 25.1 Å². The number of fused-ring (bicyclic) bond motifs is 1. The summed E-state index contributed by atoms with van der Waals surface area (Å²) >= 11 is 0. The highest BCUT2D eigenvalue weighted by Gasteiger charge is 2.51. The van der Waals surface area contributed by atoms with Gasteiger partial charge in [0.15, 0.2) is 28.9 Å². The number of anilines is 1. The van der Waals surface area contributed by atoms with Crippen LogP contribution in [0.1, 0.15) is 23.2 Å². The van der Waals surface area contributed by atoms with E-state index in [1.807, 2.05) is 0 Å². The van der Waals surface area contributed by atoms with Crippen molar-refractivity contribution < 1.29 is 40.3 Å². The Morgan fingerprint density at radius 1 is 1.05 bits per heavy atom. The summed E-state index contributed by atoms with van der Waals surface area (Å²) in [5.41, 5.74) is -3.72. The van der Waals surface area contributed by atoms with Crippen LogP contribution >= 0.6 is 0 Å². The molecule has 1 saturated carbocycles. The van der Waals surface area contributed by atoms with Crippen molar-refractivity contribution in [2.75, 3.05) is 31.2 Å². The Kier molecular flexibility index (Phi) is 5.68. The van der Waals surface area contributed by atoms with Crippen molar-refractivity contribution in [1.29, 1.82) is 0 Å². The van der Waals surface area contributed by atoms with Crippen LogP contribution in [0.4, 0.5) is 36.6 Å². The third-order valence-electron chi connectivity index (χ3n) is 7.28. The number of benzene rings is 1. The Hall–Kier alpha value is -3.68. The minimum absolute atomic E-state index is 0.170. The molecule has 1 aromatic carbocycles. The number of carbonyl (C=O) groups is 1. The van der Waals surface area contributed by atoms with Crippen molar-refractivity contribution in [1.82, 2.24) is 14.9 Å². The van der Waals surface area contributed by atoms with Gasteiger partial charge >= 0.3 is 6.18 Å². The van der Waals surface area contributed by atoms with E-state index in [1.54, 1.807) is 5.32 Å². The zero-order chi connectivity index (χ0) is 27.9. The van der Waals surface area contributed by atoms with E-state index >= 15 is 4.39 Å². The molecule has 1 atom stereocenters. The average Bonchev–Trinajstić information content (AvgIpc) is 3.61. The van der Waals surface area contributed by atoms with E-state index in [4.69, 9.17) is 4.74 Å². The highest BCUT2D eigenvalue weighted by Crippen LogP contribution is 2.41. The quantitative estimate of drug-likeness (QED) is 0.484. The molecule has 0 radical (unpaired) electrons. The van der Waals surface area contributed by atoms with Crippen molar-refractivity contribution in [3.8, 4) is 5.69 Å². The molecule has 2 aliphatic heterocycles. The first-order valence-corrected chi connectivity index (χ1v) is 12.0. The first-order chi connectivity index (χ1) is 18.4. The van der Waals surface area contributed by atoms with Gasteiger partial charge in [-0.3, -0.25) is 14.2 Å². The van der Waals surface area contributed by atoms with Crippen LogP contribution in [0.3, 0.4) is 0 Å². The monoisotopic (exact) mass is 556 g/mol. The summed E-state index contributed by atoms with van der Waals surface area (Å²) in [6.07, 6.45) is -3.77. The largest absolute Gasteiger partial charge is 0.408 e. The molecule has 3 aliphatic rings. The summed E-state index contributed by atoms with van der Waals surface area (Å²) in [5, 5.41) is 1.18. The number of hydrogen-bond acceptors (Lipinski definition) is 5. The Morgan fingerprint density at radius 3 is 2.23 bits per heavy atom. The van der Waals surface area contributed by atoms with Crippen molar-refractivity contribution in [2.24, 2.45) is 11.3 Å². The summed E-state index contributed by atoms with van der Waals surface area (Å²) in [4.78, 5) is 31.8. The van der Waals surface area contributed by atoms with Gasteiger partial charge in [0.2, 0.25) is 5.43 Å². The fourth-order valence-corrected chi connectivity index (χ4v) is 5.14. The van der Waals surface area contributed by atoms with Crippen LogP contribution in [0.2, 0.25) is 0 Å². The van der Waals surface area contributed by atoms with E-state index in [9.17, 15) is 35.9 Å². The van der Waals surface area contributed by atoms with E-state index in [2.05, 4.69) is 4.98 Å². The molecule has 1 unspecified atom stereocenters. The standard InChI is InChI=1S/C25H19F7N4O3/c26-12-3-15(27)18(16(28)4-12)36-6-14(23(38)33-20(11-1-2-11)25(30,31)32)19(37)13-5-17(29)22(34-21(13)36)35-7-24(8-35)9-39-10-24/h3-6,11,20H,1-2,7-10H2,(H,33,38). The molecule has 1 N–H and O–H groups in total. The number of aromatic nitrogens is 2. The van der Waals surface area contributed by atoms with Crippen molar-refractivity contribution in [3.63, 3.8) is 0 Å². The van der Waals surface area contributed by atoms with E-state index in [1.165, 1.54) is 4.90 Å². The molecule has 2 aromatic heterocycles. The van der Waals surface area contributed by atoms with Gasteiger partial charge in [0.1, 0.15) is 23.1 Å². The number of alkyl halides is 3. The number of ether oxygens (including phenoxy) is 1. The third-order valence-corrected chi connectivity index (χ3v) is 7.28. The summed E-state index contributed by atoms with van der Waals surface area (Å²) < 4.78 is 105. The molecule has 7 nitrogen and oxygen atoms in total. The molecule has 206 valence electrons. The van der Waals surface area contributed by atoms with E-state index in [-0.39, 0.29) is 24.1 Å². The zero-order valence-corrected chi connectivity index (χ0v) is 19.9. The first-order valence-electron chi connectivity index (χ1n) is 12.0. The Bertz CT molecular complexity index is 1550. The van der Waals surface area contributed by atoms with Crippen molar-refractivity contribution in [3.05, 3.63) is 63.5 Å². The molecule has 3 fully saturated rings. The van der Waals surface area contributed by atoms with Gasteiger partial charge in [-0.05, 0) is 24.8 Å². The highest BCUT2D eigenvalue weighted by molar-refractivity contribution is 5.97. The summed E-state index contributed by atoms with van der Waals surface area (Å²) in [5.74, 6) is -7.72. The van der Waals surface area contributed by atoms with E-state index in [0.29, 0.717) is 49.2 Å². The van der Waals surface area contributed by atoms with Gasteiger partial charge in [-0.15, -0.1) is 0 Å². The molecular formula is C25H19F7N4O3. The number of rotatable bonds is 5. The molecule has 4 heterocycles. The maximum atomic E-state index is 15.2. The number of nitrogens with zero attached hydrogens (tertiary/aromatic N) is 3. The van der Waals surface area contributed by atoms with Gasteiger partial charge in [0, 0.05) is 31.4 Å². The molecule has 39 heavy (non-hydrogen) atoms. The predicted octanol–water partition coefficient (Wildman–Crippen LogP) is 3.85. The lowest BCUT2D eigenvalue weighted by Gasteiger charge is -2.55. The van der Waals surface area contributed by atoms with Crippen LogP contribution in [-0.4, -0.2) is 54.0 Å². The number of pyridine rings is 2. The SMILES string of the molecule is O=C(NC(C1CC1)C(F)(F)F)c1cn(-c2c(F)cc(F)cc2F)c2nc(N3CC4(COC4)C3)c(F)cc2c1=O. The van der Waals surface area contributed by atoms with Gasteiger partial charge in [0.25, 0.3) is 5.91 Å². The molecule has 3 aromatic rings. The fraction of sp³-hybridized carbons (Fsp3) is 0.400. The van der Waals surface area contributed by atoms with Crippen LogP contribution in [0.5, 0.6) is 0 Å². The fourth-order valence-electron chi connectivity index (χ4n) is 5.14. The molecule has 0 bridgehead atoms. The normalized spacial score (nSPS) is 19.1. The minimum Gasteiger partial charge on any atom is -0.380 e. The van der Waals surface area contributed by atoms with Gasteiger partial charge < -0.3 is 15.0 Å². The summed E-state index contributed by atoms with van der Waals surface area (Å²) in [6, 6.07) is -0.847. The number of carbonyl (C=O) groups excluding carboxylic acids is 1. The Balaban J connectivity index is 1.51. The van der Waals surface area contributed by atoms with Crippen LogP contribution in [-0.2, 0) is 4.74 Å². The molecule has 1 amide bonds. The number of hydrogen-bond donors (Lipinski definition) is 1. The topological polar surface area (TPSA) is 76.5 Å². The maximum Gasteiger partial charge on any atom is 0.408 e. The number of amides is 1. The summed E-state index contributed by atoms with van der Waals surface area (Å²) in [6.45, 7) is 1.67. The lowest BCUT2D eigenvalue weighted by atomic mass is 9.78. The molecule has 1 aliphatic carbocycles. The Morgan fingerprint density at radius 2 is 1.69 bits per heavy atom. The van der Waals surface area contributed by atoms with Crippen LogP contribution in [0, 0.1) is 34.6 Å². The lowest BCUT2D eigenvalue weighted by Crippen LogP contribution is -2.66. The second-order valence-electron chi connectivity index (χ2n) is 10.3. The second kappa shape index (κ2) is 8.66. The van der Waals surface area contributed by atoms with Crippen LogP contribution in [0.15, 0.2) is 29.2 Å². The summed E-state index contributed by atoms with van der Waals surface area (Å²) in [7, 11) is 0. The zero-order valence-electron chi connectivity index (χ0n) is 19.9. The van der Waals surface area contributed by atoms with Gasteiger partial charge in [-0.25, -0.2) is 22.5 Å². The lowest BCUT2D eigenvalue weighted by molar-refractivity contribution is -0.158. The van der Waals surface area contributed by atoms with Crippen LogP contribution < -0.4 is 15.6 Å². The number of nitrogens with one attached hydrogen (secondary N) is 1. The second-order valence-corrected chi connectivity index (χ2v) is 10.3. The smallest absolute Gasteiger partial charge is 0.380 e. The molecular weight excluding hydrogens is 537 g/mol. The van der Waals surface area contributed by atoms with Gasteiger partial charge in [-0.2, -0.15) is 13.2 Å². The molecule has 6 rings (SSSR count). The molecule has 2 saturated heterocycles.